The third kappa shape index (κ3) is 4.33. The van der Waals surface area contributed by atoms with E-state index >= 15 is 0 Å². The highest BCUT2D eigenvalue weighted by molar-refractivity contribution is 6.32. The van der Waals surface area contributed by atoms with E-state index in [0.717, 1.165) is 35.6 Å². The van der Waals surface area contributed by atoms with Crippen molar-refractivity contribution in [2.24, 2.45) is 0 Å². The monoisotopic (exact) mass is 492 g/mol. The molecule has 5 rings (SSSR count). The van der Waals surface area contributed by atoms with Gasteiger partial charge in [0.25, 0.3) is 0 Å². The summed E-state index contributed by atoms with van der Waals surface area (Å²) in [5.41, 5.74) is 3.95. The van der Waals surface area contributed by atoms with Gasteiger partial charge in [0.05, 0.1) is 31.0 Å². The average Bonchev–Trinajstić information content (AvgIpc) is 3.51. The number of carbonyl (C=O) groups is 1. The Kier molecular flexibility index (Phi) is 6.13. The molecule has 2 aromatic heterocycles. The highest BCUT2D eigenvalue weighted by Crippen LogP contribution is 2.38. The van der Waals surface area contributed by atoms with Gasteiger partial charge in [-0.1, -0.05) is 29.8 Å². The number of hydrogen-bond donors (Lipinski definition) is 1. The fraction of sp³-hybridized carbons (Fsp3) is 0.231. The van der Waals surface area contributed by atoms with Gasteiger partial charge in [-0.25, -0.2) is 9.78 Å². The Morgan fingerprint density at radius 1 is 1.11 bits per heavy atom. The molecule has 1 aliphatic rings. The Morgan fingerprint density at radius 2 is 1.89 bits per heavy atom. The molecule has 0 saturated carbocycles. The van der Waals surface area contributed by atoms with E-state index in [1.807, 2.05) is 59.3 Å². The number of pyridine rings is 1. The molecule has 1 atom stereocenters. The molecule has 1 N–H and O–H groups in total. The normalized spacial score (nSPS) is 15.4. The fourth-order valence-corrected chi connectivity index (χ4v) is 4.85. The van der Waals surface area contributed by atoms with Crippen molar-refractivity contribution in [3.8, 4) is 22.8 Å². The van der Waals surface area contributed by atoms with Gasteiger partial charge in [0.1, 0.15) is 17.1 Å². The van der Waals surface area contributed by atoms with Crippen LogP contribution in [0.25, 0.3) is 16.9 Å². The van der Waals surface area contributed by atoms with Gasteiger partial charge in [0, 0.05) is 54.6 Å². The highest BCUT2D eigenvalue weighted by atomic mass is 35.5. The molecule has 1 aliphatic heterocycles. The predicted molar refractivity (Wildman–Crippen MR) is 136 cm³/mol. The minimum atomic E-state index is -0.941. The molecular weight excluding hydrogens is 468 g/mol. The number of para-hydroxylation sites is 1. The molecule has 1 unspecified atom stereocenters. The van der Waals surface area contributed by atoms with Crippen molar-refractivity contribution in [2.75, 3.05) is 37.1 Å². The van der Waals surface area contributed by atoms with Gasteiger partial charge >= 0.3 is 6.09 Å². The van der Waals surface area contributed by atoms with Gasteiger partial charge in [-0.15, -0.1) is 0 Å². The number of halogens is 1. The molecule has 35 heavy (non-hydrogen) atoms. The molecule has 1 amide bonds. The standard InChI is InChI=1S/C26H25ClN4O4/c1-34-23-14-24(35-2)21(27)13-20(23)22-16-30-11-8-18(12-25(30)28-22)29-10-9-19(15-29)31(26(32)33)17-6-4-3-5-7-17/h3-8,11-14,16,19H,9-10,15H2,1-2H3,(H,32,33). The van der Waals surface area contributed by atoms with E-state index in [1.165, 1.54) is 4.90 Å². The summed E-state index contributed by atoms with van der Waals surface area (Å²) in [6.07, 6.45) is 3.68. The lowest BCUT2D eigenvalue weighted by Crippen LogP contribution is -2.41. The van der Waals surface area contributed by atoms with E-state index < -0.39 is 6.09 Å². The van der Waals surface area contributed by atoms with Crippen LogP contribution in [-0.4, -0.2) is 53.9 Å². The van der Waals surface area contributed by atoms with Crippen LogP contribution in [0.1, 0.15) is 6.42 Å². The summed E-state index contributed by atoms with van der Waals surface area (Å²) in [5, 5.41) is 10.3. The molecule has 180 valence electrons. The number of fused-ring (bicyclic) bond motifs is 1. The zero-order valence-corrected chi connectivity index (χ0v) is 20.1. The van der Waals surface area contributed by atoms with Crippen LogP contribution < -0.4 is 19.3 Å². The van der Waals surface area contributed by atoms with Gasteiger partial charge in [0.15, 0.2) is 0 Å². The van der Waals surface area contributed by atoms with E-state index in [9.17, 15) is 9.90 Å². The minimum absolute atomic E-state index is 0.132. The fourth-order valence-electron chi connectivity index (χ4n) is 4.61. The molecule has 8 nitrogen and oxygen atoms in total. The number of carboxylic acid groups (broad SMARTS) is 1. The van der Waals surface area contributed by atoms with Crippen LogP contribution >= 0.6 is 11.6 Å². The summed E-state index contributed by atoms with van der Waals surface area (Å²) in [5.74, 6) is 1.15. The van der Waals surface area contributed by atoms with Crippen LogP contribution in [0.15, 0.2) is 67.0 Å². The van der Waals surface area contributed by atoms with Gasteiger partial charge < -0.3 is 23.9 Å². The van der Waals surface area contributed by atoms with Gasteiger partial charge in [-0.3, -0.25) is 4.90 Å². The highest BCUT2D eigenvalue weighted by Gasteiger charge is 2.32. The number of aromatic nitrogens is 2. The molecule has 0 spiro atoms. The van der Waals surface area contributed by atoms with Crippen molar-refractivity contribution in [3.05, 3.63) is 72.0 Å². The molecule has 0 bridgehead atoms. The number of benzene rings is 2. The lowest BCUT2D eigenvalue weighted by Gasteiger charge is -2.27. The maximum atomic E-state index is 12.0. The first-order valence-electron chi connectivity index (χ1n) is 11.2. The van der Waals surface area contributed by atoms with Gasteiger partial charge in [0.2, 0.25) is 0 Å². The van der Waals surface area contributed by atoms with E-state index in [0.29, 0.717) is 28.8 Å². The second-order valence-electron chi connectivity index (χ2n) is 8.34. The summed E-state index contributed by atoms with van der Waals surface area (Å²) >= 11 is 6.36. The Morgan fingerprint density at radius 3 is 2.60 bits per heavy atom. The molecule has 2 aromatic carbocycles. The number of rotatable bonds is 6. The maximum absolute atomic E-state index is 12.0. The van der Waals surface area contributed by atoms with Crippen LogP contribution in [0.2, 0.25) is 5.02 Å². The largest absolute Gasteiger partial charge is 0.496 e. The predicted octanol–water partition coefficient (Wildman–Crippen LogP) is 5.44. The molecule has 0 aliphatic carbocycles. The maximum Gasteiger partial charge on any atom is 0.412 e. The second kappa shape index (κ2) is 9.38. The lowest BCUT2D eigenvalue weighted by molar-refractivity contribution is 0.199. The molecule has 9 heteroatoms. The van der Waals surface area contributed by atoms with Crippen molar-refractivity contribution in [1.29, 1.82) is 0 Å². The summed E-state index contributed by atoms with van der Waals surface area (Å²) in [6.45, 7) is 1.36. The summed E-state index contributed by atoms with van der Waals surface area (Å²) < 4.78 is 12.8. The molecule has 1 fully saturated rings. The average molecular weight is 493 g/mol. The third-order valence-electron chi connectivity index (χ3n) is 6.33. The zero-order valence-electron chi connectivity index (χ0n) is 19.4. The van der Waals surface area contributed by atoms with E-state index in [1.54, 1.807) is 26.4 Å². The summed E-state index contributed by atoms with van der Waals surface area (Å²) in [7, 11) is 3.16. The summed E-state index contributed by atoms with van der Waals surface area (Å²) in [6, 6.07) is 16.7. The minimum Gasteiger partial charge on any atom is -0.496 e. The van der Waals surface area contributed by atoms with E-state index in [4.69, 9.17) is 26.1 Å². The molecular formula is C26H25ClN4O4. The van der Waals surface area contributed by atoms with Crippen molar-refractivity contribution >= 4 is 34.7 Å². The second-order valence-corrected chi connectivity index (χ2v) is 8.75. The number of nitrogens with zero attached hydrogens (tertiary/aromatic N) is 4. The van der Waals surface area contributed by atoms with Gasteiger partial charge in [-0.2, -0.15) is 0 Å². The van der Waals surface area contributed by atoms with Crippen molar-refractivity contribution < 1.29 is 19.4 Å². The SMILES string of the molecule is COc1cc(OC)c(-c2cn3ccc(N4CCC(N(C(=O)O)c5ccccc5)C4)cc3n2)cc1Cl. The number of anilines is 2. The van der Waals surface area contributed by atoms with E-state index in [2.05, 4.69) is 4.90 Å². The van der Waals surface area contributed by atoms with Gasteiger partial charge in [-0.05, 0) is 30.7 Å². The van der Waals surface area contributed by atoms with E-state index in [-0.39, 0.29) is 6.04 Å². The number of ether oxygens (including phenoxy) is 2. The van der Waals surface area contributed by atoms with Crippen molar-refractivity contribution in [2.45, 2.75) is 12.5 Å². The number of methoxy groups -OCH3 is 2. The molecule has 4 aromatic rings. The first kappa shape index (κ1) is 22.9. The molecule has 0 radical (unpaired) electrons. The first-order valence-corrected chi connectivity index (χ1v) is 11.6. The van der Waals surface area contributed by atoms with Crippen LogP contribution in [0, 0.1) is 0 Å². The Bertz CT molecular complexity index is 1370. The quantitative estimate of drug-likeness (QED) is 0.386. The smallest absolute Gasteiger partial charge is 0.412 e. The Balaban J connectivity index is 1.42. The number of hydrogen-bond acceptors (Lipinski definition) is 5. The van der Waals surface area contributed by atoms with Crippen molar-refractivity contribution in [3.63, 3.8) is 0 Å². The Hall–Kier alpha value is -3.91. The lowest BCUT2D eigenvalue weighted by atomic mass is 10.1. The first-order chi connectivity index (χ1) is 17.0. The third-order valence-corrected chi connectivity index (χ3v) is 6.62. The summed E-state index contributed by atoms with van der Waals surface area (Å²) in [4.78, 5) is 20.5. The number of imidazole rings is 1. The topological polar surface area (TPSA) is 79.5 Å². The Labute approximate surface area is 207 Å². The molecule has 3 heterocycles. The molecule has 1 saturated heterocycles. The van der Waals surface area contributed by atoms with Crippen LogP contribution in [0.5, 0.6) is 11.5 Å². The zero-order chi connectivity index (χ0) is 24.5. The number of amides is 1. The van der Waals surface area contributed by atoms with Crippen LogP contribution in [0.3, 0.4) is 0 Å². The van der Waals surface area contributed by atoms with Crippen LogP contribution in [0.4, 0.5) is 16.2 Å². The van der Waals surface area contributed by atoms with Crippen molar-refractivity contribution in [1.82, 2.24) is 9.38 Å². The van der Waals surface area contributed by atoms with Crippen LogP contribution in [-0.2, 0) is 0 Å².